The van der Waals surface area contributed by atoms with Crippen molar-refractivity contribution in [2.24, 2.45) is 5.92 Å². The third kappa shape index (κ3) is 4.07. The fourth-order valence-electron chi connectivity index (χ4n) is 2.39. The number of hydrogen-bond acceptors (Lipinski definition) is 4. The molecule has 0 aromatic heterocycles. The Morgan fingerprint density at radius 1 is 1.47 bits per heavy atom. The second kappa shape index (κ2) is 6.43. The molecule has 3 atom stereocenters. The van der Waals surface area contributed by atoms with Gasteiger partial charge in [0.1, 0.15) is 0 Å². The highest BCUT2D eigenvalue weighted by Gasteiger charge is 2.28. The molecule has 0 aliphatic carbocycles. The van der Waals surface area contributed by atoms with Crippen LogP contribution in [0.3, 0.4) is 0 Å². The Bertz CT molecular complexity index is 178. The SMILES string of the molecule is CCC(O)C1CC(NCCO)CN(C)C1. The summed E-state index contributed by atoms with van der Waals surface area (Å²) in [6, 6.07) is 0.405. The molecule has 0 aromatic rings. The second-order valence-electron chi connectivity index (χ2n) is 4.57. The van der Waals surface area contributed by atoms with Crippen molar-refractivity contribution in [2.75, 3.05) is 33.3 Å². The van der Waals surface area contributed by atoms with E-state index in [1.807, 2.05) is 6.92 Å². The number of hydrogen-bond donors (Lipinski definition) is 3. The number of likely N-dealkylation sites (N-methyl/N-ethyl adjacent to an activating group) is 1. The fraction of sp³-hybridized carbons (Fsp3) is 1.00. The molecule has 0 saturated carbocycles. The molecule has 4 heteroatoms. The van der Waals surface area contributed by atoms with Gasteiger partial charge in [0.05, 0.1) is 12.7 Å². The molecule has 0 radical (unpaired) electrons. The van der Waals surface area contributed by atoms with Gasteiger partial charge in [-0.1, -0.05) is 6.92 Å². The number of likely N-dealkylation sites (tertiary alicyclic amines) is 1. The molecule has 90 valence electrons. The van der Waals surface area contributed by atoms with Crippen molar-refractivity contribution in [1.82, 2.24) is 10.2 Å². The zero-order chi connectivity index (χ0) is 11.3. The number of nitrogens with zero attached hydrogens (tertiary/aromatic N) is 1. The molecule has 0 aromatic carbocycles. The maximum atomic E-state index is 9.84. The first-order valence-corrected chi connectivity index (χ1v) is 5.88. The molecule has 4 nitrogen and oxygen atoms in total. The van der Waals surface area contributed by atoms with Crippen molar-refractivity contribution in [3.8, 4) is 0 Å². The molecular formula is C11H24N2O2. The second-order valence-corrected chi connectivity index (χ2v) is 4.57. The van der Waals surface area contributed by atoms with Crippen LogP contribution in [-0.4, -0.2) is 60.5 Å². The number of nitrogens with one attached hydrogen (secondary N) is 1. The van der Waals surface area contributed by atoms with Crippen LogP contribution in [-0.2, 0) is 0 Å². The van der Waals surface area contributed by atoms with Gasteiger partial charge in [-0.25, -0.2) is 0 Å². The predicted molar refractivity (Wildman–Crippen MR) is 60.8 cm³/mol. The van der Waals surface area contributed by atoms with Crippen LogP contribution in [0.5, 0.6) is 0 Å². The van der Waals surface area contributed by atoms with Gasteiger partial charge in [-0.3, -0.25) is 0 Å². The predicted octanol–water partition coefficient (Wildman–Crippen LogP) is -0.340. The zero-order valence-electron chi connectivity index (χ0n) is 9.82. The summed E-state index contributed by atoms with van der Waals surface area (Å²) in [6.45, 7) is 4.84. The summed E-state index contributed by atoms with van der Waals surface area (Å²) < 4.78 is 0. The third-order valence-corrected chi connectivity index (χ3v) is 3.17. The van der Waals surface area contributed by atoms with Gasteiger partial charge in [0.15, 0.2) is 0 Å². The van der Waals surface area contributed by atoms with E-state index in [2.05, 4.69) is 17.3 Å². The van der Waals surface area contributed by atoms with Crippen LogP contribution in [0.2, 0.25) is 0 Å². The van der Waals surface area contributed by atoms with E-state index in [-0.39, 0.29) is 12.7 Å². The number of aliphatic hydroxyl groups excluding tert-OH is 2. The molecule has 0 spiro atoms. The van der Waals surface area contributed by atoms with E-state index in [0.717, 1.165) is 25.9 Å². The number of rotatable bonds is 5. The Kier molecular flexibility index (Phi) is 5.53. The van der Waals surface area contributed by atoms with Gasteiger partial charge >= 0.3 is 0 Å². The van der Waals surface area contributed by atoms with E-state index in [9.17, 15) is 5.11 Å². The fourth-order valence-corrected chi connectivity index (χ4v) is 2.39. The molecule has 1 aliphatic heterocycles. The summed E-state index contributed by atoms with van der Waals surface area (Å²) in [5, 5.41) is 21.9. The van der Waals surface area contributed by atoms with Gasteiger partial charge in [-0.05, 0) is 25.8 Å². The lowest BCUT2D eigenvalue weighted by Crippen LogP contribution is -2.50. The van der Waals surface area contributed by atoms with Gasteiger partial charge in [0.25, 0.3) is 0 Å². The minimum atomic E-state index is -0.189. The molecule has 3 unspecified atom stereocenters. The van der Waals surface area contributed by atoms with E-state index in [0.29, 0.717) is 18.5 Å². The molecule has 0 amide bonds. The highest BCUT2D eigenvalue weighted by molar-refractivity contribution is 4.85. The Balaban J connectivity index is 2.40. The first kappa shape index (κ1) is 12.9. The highest BCUT2D eigenvalue weighted by Crippen LogP contribution is 2.20. The van der Waals surface area contributed by atoms with E-state index in [1.54, 1.807) is 0 Å². The van der Waals surface area contributed by atoms with Crippen molar-refractivity contribution < 1.29 is 10.2 Å². The largest absolute Gasteiger partial charge is 0.395 e. The average molecular weight is 216 g/mol. The highest BCUT2D eigenvalue weighted by atomic mass is 16.3. The van der Waals surface area contributed by atoms with E-state index >= 15 is 0 Å². The molecular weight excluding hydrogens is 192 g/mol. The van der Waals surface area contributed by atoms with Crippen LogP contribution in [0.4, 0.5) is 0 Å². The van der Waals surface area contributed by atoms with E-state index < -0.39 is 0 Å². The lowest BCUT2D eigenvalue weighted by atomic mass is 9.88. The Hall–Kier alpha value is -0.160. The Morgan fingerprint density at radius 2 is 2.20 bits per heavy atom. The quantitative estimate of drug-likeness (QED) is 0.588. The van der Waals surface area contributed by atoms with Crippen LogP contribution in [0.15, 0.2) is 0 Å². The van der Waals surface area contributed by atoms with Crippen molar-refractivity contribution in [3.05, 3.63) is 0 Å². The monoisotopic (exact) mass is 216 g/mol. The first-order valence-electron chi connectivity index (χ1n) is 5.88. The lowest BCUT2D eigenvalue weighted by Gasteiger charge is -2.38. The van der Waals surface area contributed by atoms with Crippen molar-refractivity contribution in [3.63, 3.8) is 0 Å². The van der Waals surface area contributed by atoms with E-state index in [1.165, 1.54) is 0 Å². The smallest absolute Gasteiger partial charge is 0.0578 e. The van der Waals surface area contributed by atoms with Gasteiger partial charge in [0.2, 0.25) is 0 Å². The maximum Gasteiger partial charge on any atom is 0.0578 e. The molecule has 1 aliphatic rings. The summed E-state index contributed by atoms with van der Waals surface area (Å²) in [5.74, 6) is 0.366. The van der Waals surface area contributed by atoms with Crippen LogP contribution >= 0.6 is 0 Å². The van der Waals surface area contributed by atoms with Gasteiger partial charge < -0.3 is 20.4 Å². The Labute approximate surface area is 92.3 Å². The Morgan fingerprint density at radius 3 is 2.80 bits per heavy atom. The van der Waals surface area contributed by atoms with Crippen LogP contribution < -0.4 is 5.32 Å². The topological polar surface area (TPSA) is 55.7 Å². The molecule has 1 heterocycles. The standard InChI is InChI=1S/C11H24N2O2/c1-3-11(15)9-6-10(12-4-5-14)8-13(2)7-9/h9-12,14-15H,3-8H2,1-2H3. The summed E-state index contributed by atoms with van der Waals surface area (Å²) in [7, 11) is 2.09. The first-order chi connectivity index (χ1) is 7.17. The normalized spacial score (nSPS) is 30.4. The molecule has 1 saturated heterocycles. The molecule has 1 fully saturated rings. The van der Waals surface area contributed by atoms with Crippen LogP contribution in [0.25, 0.3) is 0 Å². The minimum absolute atomic E-state index is 0.182. The van der Waals surface area contributed by atoms with Crippen molar-refractivity contribution >= 4 is 0 Å². The molecule has 0 bridgehead atoms. The maximum absolute atomic E-state index is 9.84. The van der Waals surface area contributed by atoms with E-state index in [4.69, 9.17) is 5.11 Å². The van der Waals surface area contributed by atoms with Crippen molar-refractivity contribution in [1.29, 1.82) is 0 Å². The number of aliphatic hydroxyl groups is 2. The molecule has 1 rings (SSSR count). The summed E-state index contributed by atoms with van der Waals surface area (Å²) in [5.41, 5.74) is 0. The molecule has 15 heavy (non-hydrogen) atoms. The van der Waals surface area contributed by atoms with Gasteiger partial charge in [0, 0.05) is 25.7 Å². The van der Waals surface area contributed by atoms with Crippen LogP contribution in [0.1, 0.15) is 19.8 Å². The number of piperidine rings is 1. The summed E-state index contributed by atoms with van der Waals surface area (Å²) in [4.78, 5) is 2.25. The zero-order valence-corrected chi connectivity index (χ0v) is 9.82. The summed E-state index contributed by atoms with van der Waals surface area (Å²) in [6.07, 6.45) is 1.65. The van der Waals surface area contributed by atoms with Gasteiger partial charge in [-0.15, -0.1) is 0 Å². The van der Waals surface area contributed by atoms with Gasteiger partial charge in [-0.2, -0.15) is 0 Å². The van der Waals surface area contributed by atoms with Crippen molar-refractivity contribution in [2.45, 2.75) is 31.9 Å². The average Bonchev–Trinajstić information content (AvgIpc) is 2.24. The molecule has 3 N–H and O–H groups in total. The lowest BCUT2D eigenvalue weighted by molar-refractivity contribution is 0.0439. The third-order valence-electron chi connectivity index (χ3n) is 3.17. The summed E-state index contributed by atoms with van der Waals surface area (Å²) >= 11 is 0. The van der Waals surface area contributed by atoms with Crippen LogP contribution in [0, 0.1) is 5.92 Å². The minimum Gasteiger partial charge on any atom is -0.395 e.